The average molecular weight is 419 g/mol. The summed E-state index contributed by atoms with van der Waals surface area (Å²) in [5.74, 6) is 0.822. The molecular weight excluding hydrogens is 380 g/mol. The highest BCUT2D eigenvalue weighted by Crippen LogP contribution is 2.47. The Morgan fingerprint density at radius 1 is 0.793 bits per heavy atom. The van der Waals surface area contributed by atoms with Crippen molar-refractivity contribution in [3.8, 4) is 0 Å². The lowest BCUT2D eigenvalue weighted by Gasteiger charge is -2.38. The van der Waals surface area contributed by atoms with Crippen molar-refractivity contribution in [2.24, 2.45) is 0 Å². The molecule has 29 heavy (non-hydrogen) atoms. The molecule has 1 aromatic rings. The van der Waals surface area contributed by atoms with Gasteiger partial charge in [0.25, 0.3) is 10.1 Å². The van der Waals surface area contributed by atoms with Crippen molar-refractivity contribution >= 4 is 10.1 Å². The lowest BCUT2D eigenvalue weighted by Crippen LogP contribution is -2.29. The minimum atomic E-state index is -4.25. The van der Waals surface area contributed by atoms with Crippen LogP contribution in [0.1, 0.15) is 132 Å². The van der Waals surface area contributed by atoms with Crippen molar-refractivity contribution in [1.29, 1.82) is 0 Å². The average Bonchev–Trinajstić information content (AvgIpc) is 2.74. The third-order valence-electron chi connectivity index (χ3n) is 8.13. The molecule has 0 unspecified atom stereocenters. The Bertz CT molecular complexity index is 809. The monoisotopic (exact) mass is 418 g/mol. The summed E-state index contributed by atoms with van der Waals surface area (Å²) in [4.78, 5) is 0.286. The Morgan fingerprint density at radius 3 is 1.86 bits per heavy atom. The summed E-state index contributed by atoms with van der Waals surface area (Å²) in [5, 5.41) is 0. The molecule has 3 aliphatic rings. The second-order valence-electron chi connectivity index (χ2n) is 10.3. The van der Waals surface area contributed by atoms with Crippen molar-refractivity contribution in [3.05, 3.63) is 28.8 Å². The highest BCUT2D eigenvalue weighted by atomic mass is 32.2. The highest BCUT2D eigenvalue weighted by molar-refractivity contribution is 7.86. The van der Waals surface area contributed by atoms with Crippen LogP contribution in [0.25, 0.3) is 0 Å². The van der Waals surface area contributed by atoms with Crippen LogP contribution in [-0.4, -0.2) is 13.0 Å². The van der Waals surface area contributed by atoms with E-state index in [2.05, 4.69) is 19.1 Å². The maximum Gasteiger partial charge on any atom is 0.295 e. The zero-order valence-corrected chi connectivity index (χ0v) is 18.9. The van der Waals surface area contributed by atoms with Crippen LogP contribution in [0.3, 0.4) is 0 Å². The topological polar surface area (TPSA) is 54.4 Å². The summed E-state index contributed by atoms with van der Waals surface area (Å²) in [7, 11) is -4.25. The molecule has 3 nitrogen and oxygen atoms in total. The van der Waals surface area contributed by atoms with Gasteiger partial charge in [-0.2, -0.15) is 8.42 Å². The van der Waals surface area contributed by atoms with Crippen molar-refractivity contribution in [3.63, 3.8) is 0 Å². The second kappa shape index (κ2) is 8.70. The fraction of sp³-hybridized carbons (Fsp3) is 0.760. The van der Waals surface area contributed by atoms with Crippen molar-refractivity contribution in [2.75, 3.05) is 0 Å². The minimum absolute atomic E-state index is 0.141. The van der Waals surface area contributed by atoms with Gasteiger partial charge in [-0.1, -0.05) is 76.8 Å². The van der Waals surface area contributed by atoms with E-state index in [0.29, 0.717) is 5.92 Å². The van der Waals surface area contributed by atoms with Gasteiger partial charge in [0.15, 0.2) is 0 Å². The lowest BCUT2D eigenvalue weighted by molar-refractivity contribution is 0.311. The van der Waals surface area contributed by atoms with Crippen LogP contribution in [0.2, 0.25) is 0 Å². The molecule has 0 bridgehead atoms. The summed E-state index contributed by atoms with van der Waals surface area (Å²) < 4.78 is 35.9. The molecule has 4 rings (SSSR count). The van der Waals surface area contributed by atoms with E-state index in [0.717, 1.165) is 62.5 Å². The van der Waals surface area contributed by atoms with Gasteiger partial charge in [0.05, 0.1) is 0 Å². The Hall–Kier alpha value is -0.870. The second-order valence-corrected chi connectivity index (χ2v) is 11.6. The summed E-state index contributed by atoms with van der Waals surface area (Å²) >= 11 is 0. The van der Waals surface area contributed by atoms with Crippen LogP contribution in [0, 0.1) is 0 Å². The molecular formula is C25H38O3S. The fourth-order valence-corrected chi connectivity index (χ4v) is 7.51. The van der Waals surface area contributed by atoms with E-state index < -0.39 is 10.1 Å². The number of hydrogen-bond acceptors (Lipinski definition) is 2. The van der Waals surface area contributed by atoms with E-state index in [1.165, 1.54) is 50.5 Å². The minimum Gasteiger partial charge on any atom is -0.282 e. The molecule has 3 fully saturated rings. The van der Waals surface area contributed by atoms with E-state index in [1.54, 1.807) is 0 Å². The van der Waals surface area contributed by atoms with Crippen LogP contribution >= 0.6 is 0 Å². The molecule has 1 aromatic carbocycles. The number of rotatable bonds is 4. The normalized spacial score (nSPS) is 24.5. The highest BCUT2D eigenvalue weighted by Gasteiger charge is 2.37. The molecule has 0 aliphatic heterocycles. The van der Waals surface area contributed by atoms with Gasteiger partial charge in [0.1, 0.15) is 4.90 Å². The largest absolute Gasteiger partial charge is 0.295 e. The van der Waals surface area contributed by atoms with Gasteiger partial charge in [-0.25, -0.2) is 0 Å². The third-order valence-corrected chi connectivity index (χ3v) is 9.10. The summed E-state index contributed by atoms with van der Waals surface area (Å²) in [5.41, 5.74) is 3.08. The maximum atomic E-state index is 12.7. The van der Waals surface area contributed by atoms with Gasteiger partial charge in [-0.3, -0.25) is 4.55 Å². The molecule has 0 saturated heterocycles. The third kappa shape index (κ3) is 4.58. The lowest BCUT2D eigenvalue weighted by atomic mass is 9.68. The van der Waals surface area contributed by atoms with E-state index in [4.69, 9.17) is 0 Å². The van der Waals surface area contributed by atoms with E-state index in [-0.39, 0.29) is 16.2 Å². The smallest absolute Gasteiger partial charge is 0.282 e. The first kappa shape index (κ1) is 21.4. The van der Waals surface area contributed by atoms with Crippen LogP contribution in [0.5, 0.6) is 0 Å². The molecule has 3 saturated carbocycles. The van der Waals surface area contributed by atoms with Crippen LogP contribution in [0.4, 0.5) is 0 Å². The molecule has 0 atom stereocenters. The van der Waals surface area contributed by atoms with Gasteiger partial charge in [0.2, 0.25) is 0 Å². The molecule has 4 heteroatoms. The molecule has 162 valence electrons. The molecule has 0 spiro atoms. The predicted molar refractivity (Wildman–Crippen MR) is 118 cm³/mol. The summed E-state index contributed by atoms with van der Waals surface area (Å²) in [6, 6.07) is 4.40. The summed E-state index contributed by atoms with van der Waals surface area (Å²) in [6.45, 7) is 2.24. The van der Waals surface area contributed by atoms with Gasteiger partial charge < -0.3 is 0 Å². The molecule has 0 aromatic heterocycles. The first-order valence-electron chi connectivity index (χ1n) is 12.0. The predicted octanol–water partition coefficient (Wildman–Crippen LogP) is 7.25. The Labute approximate surface area is 177 Å². The SMILES string of the molecule is CC1(c2cc(C3CCCCC3)cc(C3CCCCC3)c2S(=O)(=O)O)CCCCC1. The number of benzene rings is 1. The first-order chi connectivity index (χ1) is 13.9. The summed E-state index contributed by atoms with van der Waals surface area (Å²) in [6.07, 6.45) is 17.5. The molecule has 1 N–H and O–H groups in total. The molecule has 0 radical (unpaired) electrons. The number of hydrogen-bond donors (Lipinski definition) is 1. The van der Waals surface area contributed by atoms with Gasteiger partial charge in [-0.15, -0.1) is 0 Å². The van der Waals surface area contributed by atoms with Crippen LogP contribution in [0.15, 0.2) is 17.0 Å². The van der Waals surface area contributed by atoms with Gasteiger partial charge in [0, 0.05) is 0 Å². The van der Waals surface area contributed by atoms with Gasteiger partial charge in [-0.05, 0) is 72.5 Å². The Kier molecular flexibility index (Phi) is 6.41. The van der Waals surface area contributed by atoms with Crippen LogP contribution in [-0.2, 0) is 15.5 Å². The van der Waals surface area contributed by atoms with E-state index in [9.17, 15) is 13.0 Å². The van der Waals surface area contributed by atoms with Crippen LogP contribution < -0.4 is 0 Å². The Balaban J connectivity index is 1.90. The van der Waals surface area contributed by atoms with Crippen molar-refractivity contribution < 1.29 is 13.0 Å². The maximum absolute atomic E-state index is 12.7. The van der Waals surface area contributed by atoms with E-state index >= 15 is 0 Å². The molecule has 3 aliphatic carbocycles. The zero-order chi connectivity index (χ0) is 20.5. The van der Waals surface area contributed by atoms with E-state index in [1.807, 2.05) is 0 Å². The van der Waals surface area contributed by atoms with Crippen molar-refractivity contribution in [1.82, 2.24) is 0 Å². The first-order valence-corrected chi connectivity index (χ1v) is 13.5. The standard InChI is InChI=1S/C25H38O3S/c1-25(15-9-4-10-16-25)23-18-21(19-11-5-2-6-12-19)17-22(24(23)29(26,27)28)20-13-7-3-8-14-20/h17-20H,2-16H2,1H3,(H,26,27,28). The fourth-order valence-electron chi connectivity index (χ4n) is 6.40. The zero-order valence-electron chi connectivity index (χ0n) is 18.1. The Morgan fingerprint density at radius 2 is 1.31 bits per heavy atom. The molecule has 0 amide bonds. The quantitative estimate of drug-likeness (QED) is 0.524. The molecule has 0 heterocycles. The van der Waals surface area contributed by atoms with Gasteiger partial charge >= 0.3 is 0 Å². The van der Waals surface area contributed by atoms with Crippen molar-refractivity contribution in [2.45, 2.75) is 125 Å².